The lowest BCUT2D eigenvalue weighted by Gasteiger charge is -2.48. The van der Waals surface area contributed by atoms with Gasteiger partial charge in [-0.1, -0.05) is 81.4 Å². The van der Waals surface area contributed by atoms with Crippen molar-refractivity contribution in [2.75, 3.05) is 27.3 Å². The minimum atomic E-state index is -2.83. The predicted octanol–water partition coefficient (Wildman–Crippen LogP) is 4.13. The third-order valence-corrected chi connectivity index (χ3v) is 11.6. The van der Waals surface area contributed by atoms with E-state index in [4.69, 9.17) is 14.0 Å². The van der Waals surface area contributed by atoms with Gasteiger partial charge in [0.15, 0.2) is 0 Å². The number of rotatable bonds is 7. The van der Waals surface area contributed by atoms with Crippen LogP contribution >= 0.6 is 0 Å². The topological polar surface area (TPSA) is 68.3 Å². The Morgan fingerprint density at radius 3 is 1.92 bits per heavy atom. The van der Waals surface area contributed by atoms with Crippen molar-refractivity contribution in [1.82, 2.24) is 9.96 Å². The maximum absolute atomic E-state index is 13.0. The standard InChI is InChI=1S/C29H40N2O5Si/c1-28(2,3)36-27(33)31-20-22(19-26(32)30(7)34-8)25(31)21-35-37(29(4,5)6,23-15-11-9-12-16-23)24-17-13-10-14-18-24/h9-19,25H,20-21H2,1-8H3/b22-19+/t25-/m1/s1. The molecular weight excluding hydrogens is 484 g/mol. The van der Waals surface area contributed by atoms with Crippen molar-refractivity contribution in [3.05, 3.63) is 72.3 Å². The van der Waals surface area contributed by atoms with E-state index in [0.717, 1.165) is 21.0 Å². The summed E-state index contributed by atoms with van der Waals surface area (Å²) >= 11 is 0. The second-order valence-corrected chi connectivity index (χ2v) is 15.6. The molecule has 2 amide bonds. The Labute approximate surface area is 222 Å². The third-order valence-electron chi connectivity index (χ3n) is 6.55. The summed E-state index contributed by atoms with van der Waals surface area (Å²) in [6.45, 7) is 12.7. The highest BCUT2D eigenvalue weighted by molar-refractivity contribution is 6.99. The van der Waals surface area contributed by atoms with Gasteiger partial charge in [-0.2, -0.15) is 0 Å². The van der Waals surface area contributed by atoms with Gasteiger partial charge in [0, 0.05) is 19.7 Å². The summed E-state index contributed by atoms with van der Waals surface area (Å²) in [5, 5.41) is 3.24. The molecular formula is C29H40N2O5Si. The molecule has 0 aromatic heterocycles. The van der Waals surface area contributed by atoms with Crippen LogP contribution < -0.4 is 10.4 Å². The summed E-state index contributed by atoms with van der Waals surface area (Å²) in [5.41, 5.74) is 0.171. The highest BCUT2D eigenvalue weighted by Gasteiger charge is 2.51. The van der Waals surface area contributed by atoms with Gasteiger partial charge in [0.25, 0.3) is 14.2 Å². The first kappa shape index (κ1) is 28.6. The number of carbonyl (C=O) groups is 2. The molecule has 200 valence electrons. The molecule has 2 aromatic carbocycles. The quantitative estimate of drug-likeness (QED) is 0.310. The molecule has 3 rings (SSSR count). The second-order valence-electron chi connectivity index (χ2n) is 11.3. The lowest BCUT2D eigenvalue weighted by molar-refractivity contribution is -0.162. The Kier molecular flexibility index (Phi) is 8.67. The third kappa shape index (κ3) is 6.31. The van der Waals surface area contributed by atoms with Crippen LogP contribution in [0.5, 0.6) is 0 Å². The average molecular weight is 525 g/mol. The molecule has 0 radical (unpaired) electrons. The lowest BCUT2D eigenvalue weighted by atomic mass is 9.96. The van der Waals surface area contributed by atoms with Crippen LogP contribution in [0, 0.1) is 0 Å². The van der Waals surface area contributed by atoms with Gasteiger partial charge in [0.1, 0.15) is 5.60 Å². The number of carbonyl (C=O) groups excluding carboxylic acids is 2. The van der Waals surface area contributed by atoms with Gasteiger partial charge in [-0.3, -0.25) is 14.5 Å². The fourth-order valence-corrected chi connectivity index (χ4v) is 9.22. The highest BCUT2D eigenvalue weighted by Crippen LogP contribution is 2.38. The van der Waals surface area contributed by atoms with Crippen molar-refractivity contribution < 1.29 is 23.6 Å². The predicted molar refractivity (Wildman–Crippen MR) is 148 cm³/mol. The summed E-state index contributed by atoms with van der Waals surface area (Å²) < 4.78 is 12.7. The summed E-state index contributed by atoms with van der Waals surface area (Å²) in [6, 6.07) is 20.3. The Hall–Kier alpha value is -2.94. The molecule has 1 aliphatic rings. The van der Waals surface area contributed by atoms with Crippen LogP contribution in [0.25, 0.3) is 0 Å². The first-order chi connectivity index (χ1) is 17.3. The number of amides is 2. The molecule has 0 aliphatic carbocycles. The lowest BCUT2D eigenvalue weighted by Crippen LogP contribution is -2.68. The van der Waals surface area contributed by atoms with E-state index in [1.54, 1.807) is 11.9 Å². The molecule has 0 N–H and O–H groups in total. The minimum absolute atomic E-state index is 0.216. The molecule has 0 spiro atoms. The van der Waals surface area contributed by atoms with Gasteiger partial charge in [0.05, 0.1) is 19.8 Å². The molecule has 1 heterocycles. The van der Waals surface area contributed by atoms with E-state index in [1.165, 1.54) is 13.2 Å². The fourth-order valence-electron chi connectivity index (χ4n) is 4.66. The van der Waals surface area contributed by atoms with Crippen molar-refractivity contribution in [1.29, 1.82) is 0 Å². The van der Waals surface area contributed by atoms with Crippen LogP contribution in [0.2, 0.25) is 5.04 Å². The van der Waals surface area contributed by atoms with Crippen molar-refractivity contribution in [3.63, 3.8) is 0 Å². The SMILES string of the molecule is CON(C)C(=O)/C=C1\CN(C(=O)OC(C)(C)C)[C@@H]1CO[Si](c1ccccc1)(c1ccccc1)C(C)(C)C. The van der Waals surface area contributed by atoms with Crippen LogP contribution in [0.3, 0.4) is 0 Å². The summed E-state index contributed by atoms with van der Waals surface area (Å²) in [6.07, 6.45) is 1.11. The van der Waals surface area contributed by atoms with E-state index >= 15 is 0 Å². The number of hydroxylamine groups is 2. The maximum Gasteiger partial charge on any atom is 0.411 e. The molecule has 1 aliphatic heterocycles. The number of hydrogen-bond donors (Lipinski definition) is 0. The number of likely N-dealkylation sites (N-methyl/N-ethyl adjacent to an activating group) is 1. The van der Waals surface area contributed by atoms with Gasteiger partial charge in [-0.15, -0.1) is 0 Å². The number of ether oxygens (including phenoxy) is 1. The highest BCUT2D eigenvalue weighted by atomic mass is 28.4. The van der Waals surface area contributed by atoms with Crippen molar-refractivity contribution in [3.8, 4) is 0 Å². The number of nitrogens with zero attached hydrogens (tertiary/aromatic N) is 2. The van der Waals surface area contributed by atoms with Crippen LogP contribution in [0.15, 0.2) is 72.3 Å². The maximum atomic E-state index is 13.0. The summed E-state index contributed by atoms with van der Waals surface area (Å²) in [7, 11) is 0.161. The van der Waals surface area contributed by atoms with Crippen molar-refractivity contribution >= 4 is 30.7 Å². The summed E-state index contributed by atoms with van der Waals surface area (Å²) in [5.74, 6) is -0.295. The Balaban J connectivity index is 2.03. The smallest absolute Gasteiger partial charge is 0.411 e. The van der Waals surface area contributed by atoms with Crippen molar-refractivity contribution in [2.45, 2.75) is 58.2 Å². The van der Waals surface area contributed by atoms with E-state index in [1.807, 2.05) is 57.2 Å². The van der Waals surface area contributed by atoms with Gasteiger partial charge in [-0.25, -0.2) is 9.86 Å². The van der Waals surface area contributed by atoms with Gasteiger partial charge in [0.2, 0.25) is 0 Å². The van der Waals surface area contributed by atoms with Crippen molar-refractivity contribution in [2.24, 2.45) is 0 Å². The zero-order chi connectivity index (χ0) is 27.4. The first-order valence-corrected chi connectivity index (χ1v) is 14.5. The normalized spacial score (nSPS) is 17.4. The summed E-state index contributed by atoms with van der Waals surface area (Å²) in [4.78, 5) is 32.3. The molecule has 37 heavy (non-hydrogen) atoms. The van der Waals surface area contributed by atoms with E-state index in [2.05, 4.69) is 45.0 Å². The minimum Gasteiger partial charge on any atom is -0.444 e. The van der Waals surface area contributed by atoms with E-state index in [0.29, 0.717) is 6.54 Å². The molecule has 0 saturated carbocycles. The molecule has 1 saturated heterocycles. The number of benzene rings is 2. The fraction of sp³-hybridized carbons (Fsp3) is 0.448. The largest absolute Gasteiger partial charge is 0.444 e. The first-order valence-electron chi connectivity index (χ1n) is 12.6. The Bertz CT molecular complexity index is 1070. The Morgan fingerprint density at radius 2 is 1.49 bits per heavy atom. The molecule has 0 unspecified atom stereocenters. The second kappa shape index (κ2) is 11.2. The molecule has 0 bridgehead atoms. The molecule has 2 aromatic rings. The number of likely N-dealkylation sites (tertiary alicyclic amines) is 1. The van der Waals surface area contributed by atoms with E-state index in [-0.39, 0.29) is 17.6 Å². The van der Waals surface area contributed by atoms with Crippen LogP contribution in [0.1, 0.15) is 41.5 Å². The molecule has 1 fully saturated rings. The van der Waals surface area contributed by atoms with Gasteiger partial charge >= 0.3 is 6.09 Å². The van der Waals surface area contributed by atoms with Crippen LogP contribution in [-0.4, -0.2) is 69.2 Å². The van der Waals surface area contributed by atoms with Crippen LogP contribution in [0.4, 0.5) is 4.79 Å². The van der Waals surface area contributed by atoms with Crippen LogP contribution in [-0.2, 0) is 18.8 Å². The molecule has 7 nitrogen and oxygen atoms in total. The van der Waals surface area contributed by atoms with Gasteiger partial charge < -0.3 is 9.16 Å². The van der Waals surface area contributed by atoms with Gasteiger partial charge in [-0.05, 0) is 41.8 Å². The van der Waals surface area contributed by atoms with E-state index < -0.39 is 26.1 Å². The average Bonchev–Trinajstić information content (AvgIpc) is 2.82. The monoisotopic (exact) mass is 524 g/mol. The van der Waals surface area contributed by atoms with E-state index in [9.17, 15) is 9.59 Å². The zero-order valence-electron chi connectivity index (χ0n) is 23.3. The zero-order valence-corrected chi connectivity index (χ0v) is 24.3. The molecule has 8 heteroatoms. The molecule has 1 atom stereocenters. The number of hydrogen-bond acceptors (Lipinski definition) is 5. The Morgan fingerprint density at radius 1 is 0.973 bits per heavy atom.